The summed E-state index contributed by atoms with van der Waals surface area (Å²) in [5, 5.41) is 17.5. The van der Waals surface area contributed by atoms with Crippen molar-refractivity contribution in [1.82, 2.24) is 9.97 Å². The predicted octanol–water partition coefficient (Wildman–Crippen LogP) is 0.346. The molecule has 0 saturated carbocycles. The average Bonchev–Trinajstić information content (AvgIpc) is 2.64. The highest BCUT2D eigenvalue weighted by atomic mass is 16.6. The standard InChI is InChI=1S/C17H23N7O3/c1-12-2-4-13(5-3-12)20-16-14(24(25)26)15(18)21-17(22-16)19-6-7-23-8-10-27-11-9-23/h2-5H,6-11H2,1H3,(H4,18,19,20,21,22)/p+1. The molecular weight excluding hydrogens is 350 g/mol. The van der Waals surface area contributed by atoms with Crippen molar-refractivity contribution in [2.45, 2.75) is 6.92 Å². The number of hydrogen-bond donors (Lipinski definition) is 4. The highest BCUT2D eigenvalue weighted by Crippen LogP contribution is 2.31. The first-order chi connectivity index (χ1) is 13.0. The second-order valence-corrected chi connectivity index (χ2v) is 6.42. The maximum atomic E-state index is 11.4. The lowest BCUT2D eigenvalue weighted by molar-refractivity contribution is -0.906. The maximum absolute atomic E-state index is 11.4. The third-order valence-corrected chi connectivity index (χ3v) is 4.37. The summed E-state index contributed by atoms with van der Waals surface area (Å²) < 4.78 is 5.34. The first-order valence-corrected chi connectivity index (χ1v) is 8.83. The molecule has 10 nitrogen and oxygen atoms in total. The number of nitrogens with two attached hydrogens (primary N) is 1. The Kier molecular flexibility index (Phi) is 5.99. The molecule has 1 aromatic heterocycles. The summed E-state index contributed by atoms with van der Waals surface area (Å²) in [7, 11) is 0. The van der Waals surface area contributed by atoms with Crippen LogP contribution in [-0.2, 0) is 4.74 Å². The number of anilines is 4. The van der Waals surface area contributed by atoms with Gasteiger partial charge in [0.1, 0.15) is 13.1 Å². The van der Waals surface area contributed by atoms with Crippen molar-refractivity contribution in [2.24, 2.45) is 0 Å². The number of nitro groups is 1. The fourth-order valence-electron chi connectivity index (χ4n) is 2.85. The van der Waals surface area contributed by atoms with E-state index in [9.17, 15) is 10.1 Å². The summed E-state index contributed by atoms with van der Waals surface area (Å²) in [5.41, 5.74) is 7.26. The average molecular weight is 374 g/mol. The Morgan fingerprint density at radius 2 is 1.96 bits per heavy atom. The molecule has 1 aliphatic heterocycles. The Morgan fingerprint density at radius 1 is 1.26 bits per heavy atom. The van der Waals surface area contributed by atoms with Crippen LogP contribution < -0.4 is 21.3 Å². The molecule has 0 unspecified atom stereocenters. The van der Waals surface area contributed by atoms with Crippen LogP contribution >= 0.6 is 0 Å². The second kappa shape index (κ2) is 8.60. The molecular formula is C17H24N7O3+. The minimum Gasteiger partial charge on any atom is -0.378 e. The van der Waals surface area contributed by atoms with Gasteiger partial charge in [0.2, 0.25) is 17.6 Å². The molecule has 1 aromatic carbocycles. The Balaban J connectivity index is 1.73. The number of hydrogen-bond acceptors (Lipinski definition) is 8. The first kappa shape index (κ1) is 18.8. The molecule has 10 heteroatoms. The summed E-state index contributed by atoms with van der Waals surface area (Å²) in [5.74, 6) is 0.156. The number of benzene rings is 1. The van der Waals surface area contributed by atoms with Gasteiger partial charge in [-0.15, -0.1) is 0 Å². The molecule has 0 radical (unpaired) electrons. The van der Waals surface area contributed by atoms with Crippen LogP contribution in [0.1, 0.15) is 5.56 Å². The summed E-state index contributed by atoms with van der Waals surface area (Å²) in [6.45, 7) is 6.94. The van der Waals surface area contributed by atoms with E-state index < -0.39 is 4.92 Å². The van der Waals surface area contributed by atoms with Crippen LogP contribution in [-0.4, -0.2) is 54.3 Å². The third-order valence-electron chi connectivity index (χ3n) is 4.37. The molecule has 0 spiro atoms. The van der Waals surface area contributed by atoms with E-state index in [2.05, 4.69) is 20.6 Å². The second-order valence-electron chi connectivity index (χ2n) is 6.42. The number of aromatic nitrogens is 2. The van der Waals surface area contributed by atoms with E-state index in [0.717, 1.165) is 38.4 Å². The predicted molar refractivity (Wildman–Crippen MR) is 102 cm³/mol. The van der Waals surface area contributed by atoms with Crippen molar-refractivity contribution in [3.8, 4) is 0 Å². The Hall–Kier alpha value is -2.98. The molecule has 0 atom stereocenters. The zero-order valence-corrected chi connectivity index (χ0v) is 15.2. The molecule has 0 aliphatic carbocycles. The van der Waals surface area contributed by atoms with Gasteiger partial charge < -0.3 is 26.0 Å². The normalized spacial score (nSPS) is 14.7. The van der Waals surface area contributed by atoms with E-state index >= 15 is 0 Å². The minimum atomic E-state index is -0.576. The van der Waals surface area contributed by atoms with Crippen LogP contribution in [0.4, 0.5) is 29.0 Å². The number of morpholine rings is 1. The largest absolute Gasteiger partial charge is 0.378 e. The molecule has 1 aliphatic rings. The molecule has 0 amide bonds. The summed E-state index contributed by atoms with van der Waals surface area (Å²) in [6.07, 6.45) is 0. The lowest BCUT2D eigenvalue weighted by Gasteiger charge is -2.23. The molecule has 27 heavy (non-hydrogen) atoms. The number of nitrogens with zero attached hydrogens (tertiary/aromatic N) is 3. The lowest BCUT2D eigenvalue weighted by atomic mass is 10.2. The molecule has 5 N–H and O–H groups in total. The first-order valence-electron chi connectivity index (χ1n) is 8.83. The molecule has 1 fully saturated rings. The van der Waals surface area contributed by atoms with Gasteiger partial charge in [-0.05, 0) is 19.1 Å². The van der Waals surface area contributed by atoms with E-state index in [1.165, 1.54) is 4.90 Å². The number of nitrogen functional groups attached to an aromatic ring is 1. The quantitative estimate of drug-likeness (QED) is 0.403. The van der Waals surface area contributed by atoms with Crippen LogP contribution in [0.3, 0.4) is 0 Å². The smallest absolute Gasteiger partial charge is 0.353 e. The maximum Gasteiger partial charge on any atom is 0.353 e. The van der Waals surface area contributed by atoms with E-state index in [-0.39, 0.29) is 23.3 Å². The van der Waals surface area contributed by atoms with Crippen molar-refractivity contribution >= 4 is 29.0 Å². The minimum absolute atomic E-state index is 0.0672. The van der Waals surface area contributed by atoms with E-state index in [0.29, 0.717) is 12.2 Å². The molecule has 144 valence electrons. The number of rotatable bonds is 7. The van der Waals surface area contributed by atoms with Gasteiger partial charge in [-0.3, -0.25) is 10.1 Å². The van der Waals surface area contributed by atoms with Gasteiger partial charge in [0.25, 0.3) is 0 Å². The molecule has 3 rings (SSSR count). The Morgan fingerprint density at radius 3 is 2.63 bits per heavy atom. The topological polar surface area (TPSA) is 133 Å². The van der Waals surface area contributed by atoms with Crippen LogP contribution in [0.25, 0.3) is 0 Å². The van der Waals surface area contributed by atoms with E-state index in [1.807, 2.05) is 31.2 Å². The summed E-state index contributed by atoms with van der Waals surface area (Å²) in [4.78, 5) is 20.5. The van der Waals surface area contributed by atoms with E-state index in [1.54, 1.807) is 0 Å². The van der Waals surface area contributed by atoms with Gasteiger partial charge in [-0.1, -0.05) is 17.7 Å². The van der Waals surface area contributed by atoms with Crippen molar-refractivity contribution in [2.75, 3.05) is 55.8 Å². The summed E-state index contributed by atoms with van der Waals surface area (Å²) in [6, 6.07) is 7.46. The van der Waals surface area contributed by atoms with Crippen molar-refractivity contribution in [3.05, 3.63) is 39.9 Å². The number of quaternary nitrogens is 1. The van der Waals surface area contributed by atoms with Crippen molar-refractivity contribution < 1.29 is 14.6 Å². The molecule has 0 bridgehead atoms. The number of ether oxygens (including phenoxy) is 1. The van der Waals surface area contributed by atoms with Crippen LogP contribution in [0, 0.1) is 17.0 Å². The van der Waals surface area contributed by atoms with Gasteiger partial charge >= 0.3 is 5.69 Å². The fourth-order valence-corrected chi connectivity index (χ4v) is 2.85. The third kappa shape index (κ3) is 5.02. The van der Waals surface area contributed by atoms with Crippen molar-refractivity contribution in [1.29, 1.82) is 0 Å². The van der Waals surface area contributed by atoms with Gasteiger partial charge in [-0.25, -0.2) is 0 Å². The Bertz CT molecular complexity index is 792. The highest BCUT2D eigenvalue weighted by molar-refractivity contribution is 5.74. The Labute approximate surface area is 156 Å². The fraction of sp³-hybridized carbons (Fsp3) is 0.412. The highest BCUT2D eigenvalue weighted by Gasteiger charge is 2.23. The molecule has 2 aromatic rings. The number of nitrogens with one attached hydrogen (secondary N) is 3. The van der Waals surface area contributed by atoms with Gasteiger partial charge in [-0.2, -0.15) is 9.97 Å². The van der Waals surface area contributed by atoms with Gasteiger partial charge in [0, 0.05) is 5.69 Å². The van der Waals surface area contributed by atoms with E-state index in [4.69, 9.17) is 10.5 Å². The molecule has 2 heterocycles. The monoisotopic (exact) mass is 374 g/mol. The van der Waals surface area contributed by atoms with Gasteiger partial charge in [0.05, 0.1) is 31.2 Å². The van der Waals surface area contributed by atoms with Crippen LogP contribution in [0.2, 0.25) is 0 Å². The summed E-state index contributed by atoms with van der Waals surface area (Å²) >= 11 is 0. The van der Waals surface area contributed by atoms with Crippen LogP contribution in [0.15, 0.2) is 24.3 Å². The van der Waals surface area contributed by atoms with Gasteiger partial charge in [0.15, 0.2) is 0 Å². The lowest BCUT2D eigenvalue weighted by Crippen LogP contribution is -3.14. The molecule has 1 saturated heterocycles. The zero-order chi connectivity index (χ0) is 19.2. The number of aryl methyl sites for hydroxylation is 1. The SMILES string of the molecule is Cc1ccc(Nc2nc(NCC[NH+]3CCOCC3)nc(N)c2[N+](=O)[O-])cc1. The van der Waals surface area contributed by atoms with Crippen LogP contribution in [0.5, 0.6) is 0 Å². The van der Waals surface area contributed by atoms with Crippen molar-refractivity contribution in [3.63, 3.8) is 0 Å². The zero-order valence-electron chi connectivity index (χ0n) is 15.2.